The minimum Gasteiger partial charge on any atom is -0.493 e. The zero-order valence-corrected chi connectivity index (χ0v) is 32.0. The average molecular weight is 697 g/mol. The Bertz CT molecular complexity index is 1510. The molecule has 1 saturated carbocycles. The van der Waals surface area contributed by atoms with Crippen LogP contribution in [0.15, 0.2) is 72.8 Å². The van der Waals surface area contributed by atoms with E-state index in [2.05, 4.69) is 81.9 Å². The molecule has 0 aliphatic heterocycles. The van der Waals surface area contributed by atoms with Crippen LogP contribution in [-0.2, 0) is 22.4 Å². The zero-order chi connectivity index (χ0) is 36.6. The Balaban J connectivity index is 1.49. The van der Waals surface area contributed by atoms with Crippen LogP contribution in [0.2, 0.25) is 0 Å². The fourth-order valence-electron chi connectivity index (χ4n) is 7.80. The topological polar surface area (TPSA) is 76.0 Å². The predicted octanol–water partition coefficient (Wildman–Crippen LogP) is 11.0. The number of aliphatic hydroxyl groups excluding tert-OH is 2. The summed E-state index contributed by atoms with van der Waals surface area (Å²) in [5, 5.41) is 20.1. The van der Waals surface area contributed by atoms with Crippen molar-refractivity contribution in [2.24, 2.45) is 11.3 Å². The molecule has 0 saturated heterocycles. The first-order valence-corrected chi connectivity index (χ1v) is 19.8. The first-order valence-electron chi connectivity index (χ1n) is 19.8. The van der Waals surface area contributed by atoms with Gasteiger partial charge in [0.25, 0.3) is 0 Å². The van der Waals surface area contributed by atoms with Crippen molar-refractivity contribution in [1.82, 2.24) is 0 Å². The standard InChI is InChI=1S/C46H64O5/c1-6-9-10-12-35-14-16-37(17-15-35)38-18-20-39(21-19-38)40-22-24-43(36(8-3)30-40)41-23-25-44(50-29-27-46(32-47,33-48)26-7-2)42(31-41)13-11-28-51-45(49)34(4)5/h18-25,30-31,35,37,47-48H,4,6-17,26-29,32-33H2,1-3,5H3. The number of ether oxygens (including phenoxy) is 2. The molecule has 0 unspecified atom stereocenters. The van der Waals surface area contributed by atoms with E-state index in [1.54, 1.807) is 6.92 Å². The van der Waals surface area contributed by atoms with Crippen molar-refractivity contribution in [3.05, 3.63) is 89.5 Å². The van der Waals surface area contributed by atoms with Gasteiger partial charge in [0, 0.05) is 11.0 Å². The molecule has 0 bridgehead atoms. The summed E-state index contributed by atoms with van der Waals surface area (Å²) >= 11 is 0. The predicted molar refractivity (Wildman–Crippen MR) is 211 cm³/mol. The smallest absolute Gasteiger partial charge is 0.333 e. The van der Waals surface area contributed by atoms with Crippen LogP contribution in [0, 0.1) is 11.3 Å². The van der Waals surface area contributed by atoms with Gasteiger partial charge in [-0.1, -0.05) is 108 Å². The van der Waals surface area contributed by atoms with Crippen LogP contribution < -0.4 is 4.74 Å². The molecule has 0 amide bonds. The number of aryl methyl sites for hydroxylation is 2. The summed E-state index contributed by atoms with van der Waals surface area (Å²) < 4.78 is 11.7. The molecule has 4 rings (SSSR count). The van der Waals surface area contributed by atoms with E-state index in [0.717, 1.165) is 42.1 Å². The van der Waals surface area contributed by atoms with E-state index in [1.807, 2.05) is 6.07 Å². The molecule has 3 aromatic rings. The normalized spacial score (nSPS) is 16.2. The maximum atomic E-state index is 12.0. The molecule has 2 N–H and O–H groups in total. The number of carbonyl (C=O) groups is 1. The van der Waals surface area contributed by atoms with Gasteiger partial charge in [-0.05, 0) is 128 Å². The van der Waals surface area contributed by atoms with E-state index in [0.29, 0.717) is 44.0 Å². The summed E-state index contributed by atoms with van der Waals surface area (Å²) in [5.74, 6) is 2.03. The highest BCUT2D eigenvalue weighted by atomic mass is 16.5. The lowest BCUT2D eigenvalue weighted by Crippen LogP contribution is -2.31. The van der Waals surface area contributed by atoms with Crippen molar-refractivity contribution < 1.29 is 24.5 Å². The number of esters is 1. The van der Waals surface area contributed by atoms with Gasteiger partial charge in [0.2, 0.25) is 0 Å². The van der Waals surface area contributed by atoms with Crippen LogP contribution in [0.1, 0.15) is 127 Å². The van der Waals surface area contributed by atoms with Gasteiger partial charge in [-0.2, -0.15) is 0 Å². The van der Waals surface area contributed by atoms with Crippen LogP contribution in [-0.4, -0.2) is 42.6 Å². The SMILES string of the molecule is C=C(C)C(=O)OCCCc1cc(-c2ccc(-c3ccc(C4CCC(CCCCC)CC4)cc3)cc2CC)ccc1OCCC(CO)(CO)CCC. The number of unbranched alkanes of at least 4 members (excludes halogenated alkanes) is 2. The Kier molecular flexibility index (Phi) is 16.3. The molecule has 278 valence electrons. The second kappa shape index (κ2) is 20.6. The highest BCUT2D eigenvalue weighted by molar-refractivity contribution is 5.86. The van der Waals surface area contributed by atoms with E-state index in [9.17, 15) is 15.0 Å². The highest BCUT2D eigenvalue weighted by Gasteiger charge is 2.28. The van der Waals surface area contributed by atoms with Crippen molar-refractivity contribution >= 4 is 5.97 Å². The summed E-state index contributed by atoms with van der Waals surface area (Å²) in [5.41, 5.74) is 8.52. The van der Waals surface area contributed by atoms with Crippen molar-refractivity contribution in [1.29, 1.82) is 0 Å². The molecule has 1 aliphatic rings. The number of rotatable bonds is 21. The van der Waals surface area contributed by atoms with Gasteiger partial charge in [-0.3, -0.25) is 0 Å². The van der Waals surface area contributed by atoms with Gasteiger partial charge < -0.3 is 19.7 Å². The van der Waals surface area contributed by atoms with Gasteiger partial charge >= 0.3 is 5.97 Å². The summed E-state index contributed by atoms with van der Waals surface area (Å²) in [7, 11) is 0. The third kappa shape index (κ3) is 11.5. The van der Waals surface area contributed by atoms with Gasteiger partial charge in [-0.25, -0.2) is 4.79 Å². The molecule has 0 atom stereocenters. The second-order valence-corrected chi connectivity index (χ2v) is 15.1. The molecular weight excluding hydrogens is 633 g/mol. The fourth-order valence-corrected chi connectivity index (χ4v) is 7.80. The first-order chi connectivity index (χ1) is 24.8. The minimum atomic E-state index is -0.545. The van der Waals surface area contributed by atoms with E-state index in [-0.39, 0.29) is 19.2 Å². The fraction of sp³-hybridized carbons (Fsp3) is 0.543. The van der Waals surface area contributed by atoms with E-state index in [4.69, 9.17) is 9.47 Å². The second-order valence-electron chi connectivity index (χ2n) is 15.1. The third-order valence-electron chi connectivity index (χ3n) is 11.1. The number of carbonyl (C=O) groups excluding carboxylic acids is 1. The van der Waals surface area contributed by atoms with Gasteiger partial charge in [0.15, 0.2) is 0 Å². The third-order valence-corrected chi connectivity index (χ3v) is 11.1. The maximum absolute atomic E-state index is 12.0. The van der Waals surface area contributed by atoms with Crippen molar-refractivity contribution in [3.8, 4) is 28.0 Å². The van der Waals surface area contributed by atoms with E-state index < -0.39 is 5.41 Å². The van der Waals surface area contributed by atoms with Gasteiger partial charge in [-0.15, -0.1) is 0 Å². The molecule has 0 spiro atoms. The number of hydrogen-bond acceptors (Lipinski definition) is 5. The zero-order valence-electron chi connectivity index (χ0n) is 32.0. The van der Waals surface area contributed by atoms with Crippen LogP contribution in [0.4, 0.5) is 0 Å². The number of aliphatic hydroxyl groups is 2. The summed E-state index contributed by atoms with van der Waals surface area (Å²) in [6.07, 6.45) is 15.3. The minimum absolute atomic E-state index is 0.0688. The molecule has 0 aromatic heterocycles. The monoisotopic (exact) mass is 696 g/mol. The van der Waals surface area contributed by atoms with Crippen molar-refractivity contribution in [2.75, 3.05) is 26.4 Å². The van der Waals surface area contributed by atoms with Crippen LogP contribution >= 0.6 is 0 Å². The quantitative estimate of drug-likeness (QED) is 0.0659. The molecule has 3 aromatic carbocycles. The molecule has 1 fully saturated rings. The van der Waals surface area contributed by atoms with Crippen LogP contribution in [0.3, 0.4) is 0 Å². The first kappa shape index (κ1) is 40.4. The molecule has 5 nitrogen and oxygen atoms in total. The van der Waals surface area contributed by atoms with Gasteiger partial charge in [0.1, 0.15) is 5.75 Å². The van der Waals surface area contributed by atoms with Gasteiger partial charge in [0.05, 0.1) is 26.4 Å². The molecule has 0 heterocycles. The van der Waals surface area contributed by atoms with E-state index >= 15 is 0 Å². The molecule has 1 aliphatic carbocycles. The molecule has 51 heavy (non-hydrogen) atoms. The average Bonchev–Trinajstić information content (AvgIpc) is 3.16. The summed E-state index contributed by atoms with van der Waals surface area (Å²) in [4.78, 5) is 12.0. The Morgan fingerprint density at radius 3 is 2.12 bits per heavy atom. The Morgan fingerprint density at radius 1 is 0.784 bits per heavy atom. The Labute approximate surface area is 308 Å². The molecule has 0 radical (unpaired) electrons. The molecule has 5 heteroatoms. The Hall–Kier alpha value is -3.41. The van der Waals surface area contributed by atoms with E-state index in [1.165, 1.54) is 79.2 Å². The number of hydrogen-bond donors (Lipinski definition) is 2. The summed E-state index contributed by atoms with van der Waals surface area (Å²) in [6, 6.07) is 22.5. The van der Waals surface area contributed by atoms with Crippen LogP contribution in [0.5, 0.6) is 5.75 Å². The van der Waals surface area contributed by atoms with Crippen molar-refractivity contribution in [2.45, 2.75) is 124 Å². The lowest BCUT2D eigenvalue weighted by Gasteiger charge is -2.29. The lowest BCUT2D eigenvalue weighted by atomic mass is 9.77. The largest absolute Gasteiger partial charge is 0.493 e. The highest BCUT2D eigenvalue weighted by Crippen LogP contribution is 2.39. The number of benzene rings is 3. The molecular formula is C46H64O5. The lowest BCUT2D eigenvalue weighted by molar-refractivity contribution is -0.139. The Morgan fingerprint density at radius 2 is 1.47 bits per heavy atom. The summed E-state index contributed by atoms with van der Waals surface area (Å²) in [6.45, 7) is 12.5. The van der Waals surface area contributed by atoms with Crippen LogP contribution in [0.25, 0.3) is 22.3 Å². The maximum Gasteiger partial charge on any atom is 0.333 e. The van der Waals surface area contributed by atoms with Crippen molar-refractivity contribution in [3.63, 3.8) is 0 Å².